The van der Waals surface area contributed by atoms with E-state index in [1.807, 2.05) is 0 Å². The van der Waals surface area contributed by atoms with E-state index in [1.54, 1.807) is 12.1 Å². The Morgan fingerprint density at radius 1 is 1.19 bits per heavy atom. The van der Waals surface area contributed by atoms with Crippen LogP contribution in [0.3, 0.4) is 0 Å². The van der Waals surface area contributed by atoms with Crippen LogP contribution in [0.4, 0.5) is 4.39 Å². The smallest absolute Gasteiger partial charge is 0.126 e. The van der Waals surface area contributed by atoms with Crippen molar-refractivity contribution in [3.63, 3.8) is 0 Å². The summed E-state index contributed by atoms with van der Waals surface area (Å²) < 4.78 is 14.6. The van der Waals surface area contributed by atoms with E-state index in [2.05, 4.69) is 15.9 Å². The van der Waals surface area contributed by atoms with Crippen molar-refractivity contribution >= 4 is 15.9 Å². The average molecular weight is 287 g/mol. The lowest BCUT2D eigenvalue weighted by atomic mass is 9.89. The van der Waals surface area contributed by atoms with Crippen molar-refractivity contribution < 1.29 is 9.50 Å². The van der Waals surface area contributed by atoms with Crippen LogP contribution in [0.2, 0.25) is 0 Å². The Labute approximate surface area is 104 Å². The van der Waals surface area contributed by atoms with Gasteiger partial charge in [0.1, 0.15) is 5.82 Å². The predicted octanol–water partition coefficient (Wildman–Crippen LogP) is 4.00. The molecule has 1 aliphatic rings. The zero-order chi connectivity index (χ0) is 11.5. The Morgan fingerprint density at radius 3 is 2.75 bits per heavy atom. The van der Waals surface area contributed by atoms with Crippen molar-refractivity contribution in [2.45, 2.75) is 44.1 Å². The highest BCUT2D eigenvalue weighted by Crippen LogP contribution is 2.34. The standard InChI is InChI=1S/C13H16BrFO/c14-9-6-7-12(15)11(8-9)10-4-2-1-3-5-13(10)16/h6-8,10,13,16H,1-5H2. The van der Waals surface area contributed by atoms with Crippen LogP contribution in [0.15, 0.2) is 22.7 Å². The summed E-state index contributed by atoms with van der Waals surface area (Å²) in [5.41, 5.74) is 0.656. The van der Waals surface area contributed by atoms with Crippen molar-refractivity contribution in [2.24, 2.45) is 0 Å². The highest BCUT2D eigenvalue weighted by atomic mass is 79.9. The number of aliphatic hydroxyl groups is 1. The largest absolute Gasteiger partial charge is 0.392 e. The van der Waals surface area contributed by atoms with Crippen LogP contribution in [0.5, 0.6) is 0 Å². The molecule has 0 saturated heterocycles. The summed E-state index contributed by atoms with van der Waals surface area (Å²) in [6, 6.07) is 4.97. The molecule has 16 heavy (non-hydrogen) atoms. The Kier molecular flexibility index (Phi) is 3.98. The quantitative estimate of drug-likeness (QED) is 0.774. The van der Waals surface area contributed by atoms with Crippen molar-refractivity contribution in [1.82, 2.24) is 0 Å². The van der Waals surface area contributed by atoms with Gasteiger partial charge < -0.3 is 5.11 Å². The van der Waals surface area contributed by atoms with E-state index in [-0.39, 0.29) is 11.7 Å². The van der Waals surface area contributed by atoms with Gasteiger partial charge in [0.05, 0.1) is 6.10 Å². The van der Waals surface area contributed by atoms with Gasteiger partial charge in [-0.25, -0.2) is 4.39 Å². The maximum absolute atomic E-state index is 13.7. The van der Waals surface area contributed by atoms with E-state index >= 15 is 0 Å². The lowest BCUT2D eigenvalue weighted by molar-refractivity contribution is 0.133. The number of hydrogen-bond donors (Lipinski definition) is 1. The maximum Gasteiger partial charge on any atom is 0.126 e. The highest BCUT2D eigenvalue weighted by Gasteiger charge is 2.25. The Bertz CT molecular complexity index is 367. The molecule has 2 unspecified atom stereocenters. The molecule has 0 radical (unpaired) electrons. The van der Waals surface area contributed by atoms with E-state index in [1.165, 1.54) is 6.07 Å². The predicted molar refractivity (Wildman–Crippen MR) is 65.9 cm³/mol. The molecule has 0 heterocycles. The zero-order valence-corrected chi connectivity index (χ0v) is 10.7. The van der Waals surface area contributed by atoms with Gasteiger partial charge in [0, 0.05) is 10.4 Å². The number of rotatable bonds is 1. The monoisotopic (exact) mass is 286 g/mol. The number of halogens is 2. The number of benzene rings is 1. The van der Waals surface area contributed by atoms with Crippen molar-refractivity contribution in [2.75, 3.05) is 0 Å². The van der Waals surface area contributed by atoms with Gasteiger partial charge in [0.2, 0.25) is 0 Å². The third kappa shape index (κ3) is 2.64. The van der Waals surface area contributed by atoms with E-state index in [0.29, 0.717) is 5.56 Å². The summed E-state index contributed by atoms with van der Waals surface area (Å²) in [4.78, 5) is 0. The van der Waals surface area contributed by atoms with Crippen LogP contribution in [0, 0.1) is 5.82 Å². The first kappa shape index (κ1) is 12.1. The van der Waals surface area contributed by atoms with Crippen LogP contribution < -0.4 is 0 Å². The minimum absolute atomic E-state index is 0.0417. The molecule has 3 heteroatoms. The summed E-state index contributed by atoms with van der Waals surface area (Å²) >= 11 is 3.35. The van der Waals surface area contributed by atoms with Gasteiger partial charge >= 0.3 is 0 Å². The molecule has 1 nitrogen and oxygen atoms in total. The SMILES string of the molecule is OC1CCCCCC1c1cc(Br)ccc1F. The third-order valence-electron chi connectivity index (χ3n) is 3.34. The van der Waals surface area contributed by atoms with Crippen LogP contribution in [0.25, 0.3) is 0 Å². The second kappa shape index (κ2) is 5.28. The lowest BCUT2D eigenvalue weighted by Crippen LogP contribution is -2.18. The molecule has 2 rings (SSSR count). The molecule has 2 atom stereocenters. The molecule has 88 valence electrons. The van der Waals surface area contributed by atoms with Gasteiger partial charge in [-0.15, -0.1) is 0 Å². The average Bonchev–Trinajstić information content (AvgIpc) is 2.47. The normalized spacial score (nSPS) is 26.4. The highest BCUT2D eigenvalue weighted by molar-refractivity contribution is 9.10. The molecular formula is C13H16BrFO. The fourth-order valence-corrected chi connectivity index (χ4v) is 2.83. The number of hydrogen-bond acceptors (Lipinski definition) is 1. The Hall–Kier alpha value is -0.410. The summed E-state index contributed by atoms with van der Waals surface area (Å²) in [6.07, 6.45) is 4.54. The van der Waals surface area contributed by atoms with Crippen LogP contribution in [-0.2, 0) is 0 Å². The summed E-state index contributed by atoms with van der Waals surface area (Å²) in [6.45, 7) is 0. The molecule has 0 spiro atoms. The summed E-state index contributed by atoms with van der Waals surface area (Å²) in [5, 5.41) is 10.0. The summed E-state index contributed by atoms with van der Waals surface area (Å²) in [5.74, 6) is -0.242. The molecule has 1 aromatic rings. The second-order valence-electron chi connectivity index (χ2n) is 4.48. The molecule has 1 N–H and O–H groups in total. The first-order chi connectivity index (χ1) is 7.68. The fourth-order valence-electron chi connectivity index (χ4n) is 2.45. The van der Waals surface area contributed by atoms with E-state index in [0.717, 1.165) is 36.6 Å². The molecule has 1 aromatic carbocycles. The summed E-state index contributed by atoms with van der Waals surface area (Å²) in [7, 11) is 0. The Balaban J connectivity index is 2.29. The van der Waals surface area contributed by atoms with Crippen molar-refractivity contribution in [3.05, 3.63) is 34.1 Å². The molecule has 0 aliphatic heterocycles. The van der Waals surface area contributed by atoms with Crippen molar-refractivity contribution in [1.29, 1.82) is 0 Å². The van der Waals surface area contributed by atoms with Gasteiger partial charge in [0.25, 0.3) is 0 Å². The van der Waals surface area contributed by atoms with Gasteiger partial charge in [-0.1, -0.05) is 35.2 Å². The van der Waals surface area contributed by atoms with Crippen molar-refractivity contribution in [3.8, 4) is 0 Å². The minimum Gasteiger partial charge on any atom is -0.392 e. The minimum atomic E-state index is -0.397. The van der Waals surface area contributed by atoms with E-state index < -0.39 is 6.10 Å². The molecule has 0 amide bonds. The topological polar surface area (TPSA) is 20.2 Å². The molecule has 0 bridgehead atoms. The first-order valence-electron chi connectivity index (χ1n) is 5.81. The maximum atomic E-state index is 13.7. The Morgan fingerprint density at radius 2 is 1.94 bits per heavy atom. The second-order valence-corrected chi connectivity index (χ2v) is 5.39. The number of aliphatic hydroxyl groups excluding tert-OH is 1. The van der Waals surface area contributed by atoms with Crippen LogP contribution >= 0.6 is 15.9 Å². The van der Waals surface area contributed by atoms with Gasteiger partial charge in [0.15, 0.2) is 0 Å². The third-order valence-corrected chi connectivity index (χ3v) is 3.83. The molecule has 1 saturated carbocycles. The first-order valence-corrected chi connectivity index (χ1v) is 6.61. The van der Waals surface area contributed by atoms with Gasteiger partial charge in [-0.2, -0.15) is 0 Å². The molecular weight excluding hydrogens is 271 g/mol. The van der Waals surface area contributed by atoms with Crippen LogP contribution in [-0.4, -0.2) is 11.2 Å². The van der Waals surface area contributed by atoms with Gasteiger partial charge in [-0.05, 0) is 36.6 Å². The molecule has 1 fully saturated rings. The molecule has 0 aromatic heterocycles. The molecule has 1 aliphatic carbocycles. The van der Waals surface area contributed by atoms with Crippen LogP contribution in [0.1, 0.15) is 43.6 Å². The fraction of sp³-hybridized carbons (Fsp3) is 0.538. The zero-order valence-electron chi connectivity index (χ0n) is 9.13. The van der Waals surface area contributed by atoms with Gasteiger partial charge in [-0.3, -0.25) is 0 Å². The lowest BCUT2D eigenvalue weighted by Gasteiger charge is -2.21. The van der Waals surface area contributed by atoms with E-state index in [9.17, 15) is 9.50 Å². The van der Waals surface area contributed by atoms with E-state index in [4.69, 9.17) is 0 Å².